The normalized spacial score (nSPS) is 14.4. The summed E-state index contributed by atoms with van der Waals surface area (Å²) in [5.41, 5.74) is -0.562. The van der Waals surface area contributed by atoms with Gasteiger partial charge in [-0.1, -0.05) is 26.3 Å². The fourth-order valence-corrected chi connectivity index (χ4v) is 3.84. The van der Waals surface area contributed by atoms with E-state index in [9.17, 15) is 24.6 Å². The van der Waals surface area contributed by atoms with E-state index >= 15 is 0 Å². The number of carbonyl (C=O) groups excluding carboxylic acids is 3. The highest BCUT2D eigenvalue weighted by molar-refractivity contribution is 5.93. The average molecular weight is 508 g/mol. The van der Waals surface area contributed by atoms with Crippen LogP contribution in [0.25, 0.3) is 0 Å². The molecule has 0 heterocycles. The number of hydrogen-bond donors (Lipinski definition) is 4. The number of phenolic OH excluding ortho intramolecular Hbond substituents is 1. The molecule has 0 spiro atoms. The van der Waals surface area contributed by atoms with Crippen molar-refractivity contribution in [2.75, 3.05) is 6.61 Å². The number of nitrogens with one attached hydrogen (secondary N) is 2. The predicted octanol–water partition coefficient (Wildman–Crippen LogP) is 3.95. The van der Waals surface area contributed by atoms with Gasteiger partial charge in [-0.25, -0.2) is 4.79 Å². The number of aliphatic hydroxyl groups is 1. The number of benzene rings is 1. The standard InChI is InChI=1S/C27H45N3O6/c1-10-12-18(4)28-23(33)22(19-13-14-21(32)17(3)15-19)30(27(8,9)11-2)24(34)20(16-31)29-25(35)36-26(5,6)7/h13-15,18,20,22,31-32H,10-12,16H2,1-9H3,(H,28,33)(H,29,35). The molecule has 0 aromatic heterocycles. The Morgan fingerprint density at radius 2 is 1.69 bits per heavy atom. The molecule has 0 aliphatic heterocycles. The molecule has 1 aromatic rings. The van der Waals surface area contributed by atoms with Crippen molar-refractivity contribution in [1.29, 1.82) is 0 Å². The Hall–Kier alpha value is -2.81. The van der Waals surface area contributed by atoms with Gasteiger partial charge in [-0.15, -0.1) is 0 Å². The lowest BCUT2D eigenvalue weighted by atomic mass is 9.91. The molecule has 1 rings (SSSR count). The van der Waals surface area contributed by atoms with E-state index in [1.165, 1.54) is 11.0 Å². The van der Waals surface area contributed by atoms with Crippen molar-refractivity contribution in [3.05, 3.63) is 29.3 Å². The predicted molar refractivity (Wildman–Crippen MR) is 140 cm³/mol. The summed E-state index contributed by atoms with van der Waals surface area (Å²) in [6, 6.07) is 2.25. The van der Waals surface area contributed by atoms with Gasteiger partial charge in [0.05, 0.1) is 6.61 Å². The quantitative estimate of drug-likeness (QED) is 0.359. The highest BCUT2D eigenvalue weighted by atomic mass is 16.6. The lowest BCUT2D eigenvalue weighted by Gasteiger charge is -2.44. The van der Waals surface area contributed by atoms with Gasteiger partial charge in [-0.3, -0.25) is 9.59 Å². The Morgan fingerprint density at radius 3 is 2.17 bits per heavy atom. The van der Waals surface area contributed by atoms with Crippen LogP contribution in [-0.2, 0) is 14.3 Å². The third kappa shape index (κ3) is 8.69. The molecule has 9 nitrogen and oxygen atoms in total. The van der Waals surface area contributed by atoms with Gasteiger partial charge in [0, 0.05) is 11.6 Å². The van der Waals surface area contributed by atoms with E-state index in [4.69, 9.17) is 4.74 Å². The van der Waals surface area contributed by atoms with Crippen LogP contribution >= 0.6 is 0 Å². The summed E-state index contributed by atoms with van der Waals surface area (Å²) in [6.07, 6.45) is 1.29. The Kier molecular flexibility index (Phi) is 11.2. The summed E-state index contributed by atoms with van der Waals surface area (Å²) >= 11 is 0. The van der Waals surface area contributed by atoms with E-state index in [1.807, 2.05) is 34.6 Å². The fourth-order valence-electron chi connectivity index (χ4n) is 3.84. The first-order valence-corrected chi connectivity index (χ1v) is 12.6. The molecule has 0 aliphatic rings. The Balaban J connectivity index is 3.60. The zero-order chi connectivity index (χ0) is 27.8. The summed E-state index contributed by atoms with van der Waals surface area (Å²) in [6.45, 7) is 15.6. The smallest absolute Gasteiger partial charge is 0.408 e. The summed E-state index contributed by atoms with van der Waals surface area (Å²) in [4.78, 5) is 41.5. The first kappa shape index (κ1) is 31.2. The summed E-state index contributed by atoms with van der Waals surface area (Å²) in [5, 5.41) is 25.6. The van der Waals surface area contributed by atoms with Crippen molar-refractivity contribution < 1.29 is 29.3 Å². The number of aromatic hydroxyl groups is 1. The van der Waals surface area contributed by atoms with Crippen molar-refractivity contribution in [2.24, 2.45) is 0 Å². The molecule has 3 amide bonds. The molecule has 0 fully saturated rings. The van der Waals surface area contributed by atoms with Crippen molar-refractivity contribution >= 4 is 17.9 Å². The maximum Gasteiger partial charge on any atom is 0.408 e. The van der Waals surface area contributed by atoms with Crippen LogP contribution in [0.15, 0.2) is 18.2 Å². The SMILES string of the molecule is CCCC(C)NC(=O)C(c1ccc(O)c(C)c1)N(C(=O)C(CO)NC(=O)OC(C)(C)C)C(C)(C)CC. The van der Waals surface area contributed by atoms with E-state index in [0.717, 1.165) is 12.8 Å². The molecule has 3 unspecified atom stereocenters. The zero-order valence-electron chi connectivity index (χ0n) is 23.3. The zero-order valence-corrected chi connectivity index (χ0v) is 23.3. The second-order valence-corrected chi connectivity index (χ2v) is 10.9. The summed E-state index contributed by atoms with van der Waals surface area (Å²) in [5.74, 6) is -0.932. The van der Waals surface area contributed by atoms with Crippen LogP contribution in [0.4, 0.5) is 4.79 Å². The van der Waals surface area contributed by atoms with E-state index in [-0.39, 0.29) is 17.7 Å². The van der Waals surface area contributed by atoms with E-state index in [0.29, 0.717) is 17.5 Å². The number of alkyl carbamates (subject to hydrolysis) is 1. The molecule has 0 radical (unpaired) electrons. The molecule has 0 aliphatic carbocycles. The third-order valence-corrected chi connectivity index (χ3v) is 6.08. The number of aliphatic hydroxyl groups excluding tert-OH is 1. The van der Waals surface area contributed by atoms with Gasteiger partial charge in [-0.05, 0) is 84.6 Å². The van der Waals surface area contributed by atoms with Gasteiger partial charge in [0.2, 0.25) is 11.8 Å². The van der Waals surface area contributed by atoms with Gasteiger partial charge in [-0.2, -0.15) is 0 Å². The molecular weight excluding hydrogens is 462 g/mol. The topological polar surface area (TPSA) is 128 Å². The van der Waals surface area contributed by atoms with Crippen LogP contribution in [0.3, 0.4) is 0 Å². The number of carbonyl (C=O) groups is 3. The van der Waals surface area contributed by atoms with Gasteiger partial charge in [0.15, 0.2) is 0 Å². The number of amides is 3. The van der Waals surface area contributed by atoms with Gasteiger partial charge < -0.3 is 30.5 Å². The lowest BCUT2D eigenvalue weighted by molar-refractivity contribution is -0.150. The molecule has 0 bridgehead atoms. The maximum atomic E-state index is 13.9. The fraction of sp³-hybridized carbons (Fsp3) is 0.667. The number of nitrogens with zero attached hydrogens (tertiary/aromatic N) is 1. The summed E-state index contributed by atoms with van der Waals surface area (Å²) < 4.78 is 5.27. The van der Waals surface area contributed by atoms with Crippen LogP contribution < -0.4 is 10.6 Å². The van der Waals surface area contributed by atoms with E-state index in [2.05, 4.69) is 10.6 Å². The molecular formula is C27H45N3O6. The molecule has 0 saturated carbocycles. The molecule has 3 atom stereocenters. The molecule has 9 heteroatoms. The number of ether oxygens (including phenoxy) is 1. The first-order valence-electron chi connectivity index (χ1n) is 12.6. The first-order chi connectivity index (χ1) is 16.6. The van der Waals surface area contributed by atoms with Gasteiger partial charge in [0.25, 0.3) is 0 Å². The lowest BCUT2D eigenvalue weighted by Crippen LogP contribution is -2.60. The minimum Gasteiger partial charge on any atom is -0.508 e. The van der Waals surface area contributed by atoms with Crippen molar-refractivity contribution in [1.82, 2.24) is 15.5 Å². The number of aryl methyl sites for hydroxylation is 1. The Morgan fingerprint density at radius 1 is 1.08 bits per heavy atom. The second-order valence-electron chi connectivity index (χ2n) is 10.9. The monoisotopic (exact) mass is 507 g/mol. The Labute approximate surface area is 215 Å². The highest BCUT2D eigenvalue weighted by Crippen LogP contribution is 2.34. The van der Waals surface area contributed by atoms with Crippen molar-refractivity contribution in [3.63, 3.8) is 0 Å². The van der Waals surface area contributed by atoms with Crippen LogP contribution in [0.5, 0.6) is 5.75 Å². The maximum absolute atomic E-state index is 13.9. The molecule has 1 aromatic carbocycles. The number of hydrogen-bond acceptors (Lipinski definition) is 6. The van der Waals surface area contributed by atoms with Crippen LogP contribution in [0, 0.1) is 6.92 Å². The second kappa shape index (κ2) is 12.9. The van der Waals surface area contributed by atoms with Crippen LogP contribution in [0.1, 0.15) is 91.8 Å². The number of phenols is 1. The highest BCUT2D eigenvalue weighted by Gasteiger charge is 2.43. The number of rotatable bonds is 11. The molecule has 0 saturated heterocycles. The average Bonchev–Trinajstić information content (AvgIpc) is 2.75. The van der Waals surface area contributed by atoms with E-state index < -0.39 is 41.8 Å². The minimum absolute atomic E-state index is 0.0738. The molecule has 204 valence electrons. The third-order valence-electron chi connectivity index (χ3n) is 6.08. The molecule has 36 heavy (non-hydrogen) atoms. The van der Waals surface area contributed by atoms with Gasteiger partial charge in [0.1, 0.15) is 23.4 Å². The van der Waals surface area contributed by atoms with Crippen molar-refractivity contribution in [3.8, 4) is 5.75 Å². The van der Waals surface area contributed by atoms with Crippen molar-refractivity contribution in [2.45, 2.75) is 111 Å². The van der Waals surface area contributed by atoms with Crippen LogP contribution in [0.2, 0.25) is 0 Å². The minimum atomic E-state index is -1.33. The van der Waals surface area contributed by atoms with E-state index in [1.54, 1.807) is 39.8 Å². The molecule has 4 N–H and O–H groups in total. The summed E-state index contributed by atoms with van der Waals surface area (Å²) in [7, 11) is 0. The van der Waals surface area contributed by atoms with Crippen LogP contribution in [-0.4, -0.2) is 62.9 Å². The largest absolute Gasteiger partial charge is 0.508 e. The van der Waals surface area contributed by atoms with Gasteiger partial charge >= 0.3 is 6.09 Å². The Bertz CT molecular complexity index is 909.